The van der Waals surface area contributed by atoms with E-state index in [1.807, 2.05) is 17.7 Å². The minimum atomic E-state index is 0.247. The Bertz CT molecular complexity index is 519. The summed E-state index contributed by atoms with van der Waals surface area (Å²) in [7, 11) is 0. The van der Waals surface area contributed by atoms with Crippen molar-refractivity contribution in [3.8, 4) is 0 Å². The summed E-state index contributed by atoms with van der Waals surface area (Å²) in [6, 6.07) is 10.7. The van der Waals surface area contributed by atoms with Crippen molar-refractivity contribution < 1.29 is 0 Å². The lowest BCUT2D eigenvalue weighted by Gasteiger charge is -2.13. The van der Waals surface area contributed by atoms with Crippen LogP contribution in [-0.4, -0.2) is 9.78 Å². The second-order valence-electron chi connectivity index (χ2n) is 4.60. The summed E-state index contributed by atoms with van der Waals surface area (Å²) in [5.41, 5.74) is 8.07. The second-order valence-corrected chi connectivity index (χ2v) is 4.98. The Kier molecular flexibility index (Phi) is 3.92. The summed E-state index contributed by atoms with van der Waals surface area (Å²) < 4.78 is 1.82. The van der Waals surface area contributed by atoms with E-state index in [0.29, 0.717) is 10.8 Å². The molecule has 0 amide bonds. The number of anilines is 1. The van der Waals surface area contributed by atoms with Gasteiger partial charge in [-0.25, -0.2) is 4.68 Å². The van der Waals surface area contributed by atoms with Gasteiger partial charge in [0.2, 0.25) is 0 Å². The van der Waals surface area contributed by atoms with Crippen LogP contribution in [0, 0.1) is 6.92 Å². The summed E-state index contributed by atoms with van der Waals surface area (Å²) in [6.07, 6.45) is 2.00. The van der Waals surface area contributed by atoms with Crippen LogP contribution in [0.1, 0.15) is 30.6 Å². The van der Waals surface area contributed by atoms with Gasteiger partial charge >= 0.3 is 0 Å². The quantitative estimate of drug-likeness (QED) is 0.916. The van der Waals surface area contributed by atoms with E-state index < -0.39 is 0 Å². The zero-order valence-corrected chi connectivity index (χ0v) is 11.5. The number of rotatable bonds is 4. The van der Waals surface area contributed by atoms with Crippen molar-refractivity contribution in [3.63, 3.8) is 0 Å². The number of hydrogen-bond donors (Lipinski definition) is 1. The van der Waals surface area contributed by atoms with Gasteiger partial charge in [0.25, 0.3) is 0 Å². The summed E-state index contributed by atoms with van der Waals surface area (Å²) in [6.45, 7) is 3.99. The first-order valence-corrected chi connectivity index (χ1v) is 6.51. The molecule has 18 heavy (non-hydrogen) atoms. The van der Waals surface area contributed by atoms with E-state index in [2.05, 4.69) is 36.3 Å². The largest absolute Gasteiger partial charge is 0.383 e. The molecule has 0 aliphatic carbocycles. The molecule has 2 N–H and O–H groups in total. The molecule has 0 spiro atoms. The zero-order valence-electron chi connectivity index (χ0n) is 10.7. The first-order valence-electron chi connectivity index (χ1n) is 6.13. The molecule has 1 aromatic carbocycles. The molecular formula is C14H18ClN3. The number of nitrogens with two attached hydrogens (primary N) is 1. The number of halogens is 1. The Labute approximate surface area is 113 Å². The van der Waals surface area contributed by atoms with Crippen LogP contribution in [0.25, 0.3) is 0 Å². The van der Waals surface area contributed by atoms with E-state index in [4.69, 9.17) is 17.3 Å². The SMILES string of the molecule is Cc1nn(C(C)CCc2ccccc2)c(N)c1Cl. The highest BCUT2D eigenvalue weighted by Crippen LogP contribution is 2.26. The van der Waals surface area contributed by atoms with Gasteiger partial charge in [-0.15, -0.1) is 0 Å². The maximum absolute atomic E-state index is 6.05. The lowest BCUT2D eigenvalue weighted by Crippen LogP contribution is -2.11. The van der Waals surface area contributed by atoms with Crippen LogP contribution in [0.3, 0.4) is 0 Å². The number of aromatic nitrogens is 2. The molecule has 0 saturated heterocycles. The van der Waals surface area contributed by atoms with E-state index in [-0.39, 0.29) is 6.04 Å². The molecule has 0 fully saturated rings. The minimum Gasteiger partial charge on any atom is -0.383 e. The van der Waals surface area contributed by atoms with Gasteiger partial charge in [-0.2, -0.15) is 5.10 Å². The Morgan fingerprint density at radius 2 is 2.00 bits per heavy atom. The average Bonchev–Trinajstić information content (AvgIpc) is 2.65. The van der Waals surface area contributed by atoms with E-state index in [1.165, 1.54) is 5.56 Å². The first-order chi connectivity index (χ1) is 8.59. The van der Waals surface area contributed by atoms with Gasteiger partial charge in [0.1, 0.15) is 10.8 Å². The Morgan fingerprint density at radius 1 is 1.33 bits per heavy atom. The van der Waals surface area contributed by atoms with E-state index >= 15 is 0 Å². The predicted octanol–water partition coefficient (Wildman–Crippen LogP) is 3.62. The highest BCUT2D eigenvalue weighted by molar-refractivity contribution is 6.33. The molecule has 1 heterocycles. The smallest absolute Gasteiger partial charge is 0.141 e. The molecule has 1 aromatic heterocycles. The van der Waals surface area contributed by atoms with Crippen molar-refractivity contribution in [1.82, 2.24) is 9.78 Å². The van der Waals surface area contributed by atoms with Crippen LogP contribution < -0.4 is 5.73 Å². The molecule has 2 rings (SSSR count). The predicted molar refractivity (Wildman–Crippen MR) is 75.9 cm³/mol. The summed E-state index contributed by atoms with van der Waals surface area (Å²) in [5.74, 6) is 0.565. The number of nitrogens with zero attached hydrogens (tertiary/aromatic N) is 2. The fourth-order valence-electron chi connectivity index (χ4n) is 2.02. The van der Waals surface area contributed by atoms with Crippen LogP contribution in [0.5, 0.6) is 0 Å². The van der Waals surface area contributed by atoms with Gasteiger partial charge in [-0.05, 0) is 32.3 Å². The minimum absolute atomic E-state index is 0.247. The third-order valence-electron chi connectivity index (χ3n) is 3.16. The van der Waals surface area contributed by atoms with Gasteiger partial charge in [-0.1, -0.05) is 41.9 Å². The van der Waals surface area contributed by atoms with E-state index in [9.17, 15) is 0 Å². The molecule has 0 aliphatic heterocycles. The van der Waals surface area contributed by atoms with E-state index in [1.54, 1.807) is 0 Å². The maximum atomic E-state index is 6.05. The van der Waals surface area contributed by atoms with Crippen molar-refractivity contribution in [2.24, 2.45) is 0 Å². The number of nitrogen functional groups attached to an aromatic ring is 1. The fraction of sp³-hybridized carbons (Fsp3) is 0.357. The topological polar surface area (TPSA) is 43.8 Å². The molecule has 1 atom stereocenters. The Balaban J connectivity index is 2.04. The molecule has 4 heteroatoms. The summed E-state index contributed by atoms with van der Waals surface area (Å²) in [4.78, 5) is 0. The van der Waals surface area contributed by atoms with Crippen LogP contribution >= 0.6 is 11.6 Å². The van der Waals surface area contributed by atoms with Gasteiger partial charge < -0.3 is 5.73 Å². The molecule has 0 radical (unpaired) electrons. The Hall–Kier alpha value is -1.48. The lowest BCUT2D eigenvalue weighted by atomic mass is 10.1. The first kappa shape index (κ1) is 13.0. The second kappa shape index (κ2) is 5.44. The molecule has 0 aliphatic rings. The zero-order chi connectivity index (χ0) is 13.1. The average molecular weight is 264 g/mol. The molecule has 2 aromatic rings. The maximum Gasteiger partial charge on any atom is 0.141 e. The summed E-state index contributed by atoms with van der Waals surface area (Å²) in [5, 5.41) is 4.95. The molecule has 3 nitrogen and oxygen atoms in total. The normalized spacial score (nSPS) is 12.6. The molecular weight excluding hydrogens is 246 g/mol. The van der Waals surface area contributed by atoms with Crippen molar-refractivity contribution in [1.29, 1.82) is 0 Å². The van der Waals surface area contributed by atoms with Crippen LogP contribution in [0.2, 0.25) is 5.02 Å². The van der Waals surface area contributed by atoms with Gasteiger partial charge in [-0.3, -0.25) is 0 Å². The van der Waals surface area contributed by atoms with Gasteiger partial charge in [0.05, 0.1) is 11.7 Å². The third-order valence-corrected chi connectivity index (χ3v) is 3.63. The van der Waals surface area contributed by atoms with Gasteiger partial charge in [0, 0.05) is 0 Å². The molecule has 0 saturated carbocycles. The Morgan fingerprint density at radius 3 is 2.56 bits per heavy atom. The highest BCUT2D eigenvalue weighted by Gasteiger charge is 2.14. The summed E-state index contributed by atoms with van der Waals surface area (Å²) >= 11 is 6.05. The highest BCUT2D eigenvalue weighted by atomic mass is 35.5. The fourth-order valence-corrected chi connectivity index (χ4v) is 2.15. The number of aryl methyl sites for hydroxylation is 2. The number of benzene rings is 1. The third kappa shape index (κ3) is 2.67. The van der Waals surface area contributed by atoms with E-state index in [0.717, 1.165) is 18.5 Å². The van der Waals surface area contributed by atoms with Crippen molar-refractivity contribution in [3.05, 3.63) is 46.6 Å². The molecule has 1 unspecified atom stereocenters. The van der Waals surface area contributed by atoms with Crippen LogP contribution in [0.15, 0.2) is 30.3 Å². The lowest BCUT2D eigenvalue weighted by molar-refractivity contribution is 0.464. The number of hydrogen-bond acceptors (Lipinski definition) is 2. The van der Waals surface area contributed by atoms with Gasteiger partial charge in [0.15, 0.2) is 0 Å². The van der Waals surface area contributed by atoms with Crippen LogP contribution in [-0.2, 0) is 6.42 Å². The monoisotopic (exact) mass is 263 g/mol. The molecule has 0 bridgehead atoms. The standard InChI is InChI=1S/C14H18ClN3/c1-10(8-9-12-6-4-3-5-7-12)18-14(16)13(15)11(2)17-18/h3-7,10H,8-9,16H2,1-2H3. The van der Waals surface area contributed by atoms with Crippen molar-refractivity contribution in [2.45, 2.75) is 32.7 Å². The molecule has 96 valence electrons. The van der Waals surface area contributed by atoms with Crippen LogP contribution in [0.4, 0.5) is 5.82 Å². The van der Waals surface area contributed by atoms with Crippen molar-refractivity contribution in [2.75, 3.05) is 5.73 Å². The van der Waals surface area contributed by atoms with Crippen molar-refractivity contribution >= 4 is 17.4 Å².